The first-order valence-electron chi connectivity index (χ1n) is 10.1. The van der Waals surface area contributed by atoms with Gasteiger partial charge in [0.05, 0.1) is 6.61 Å². The van der Waals surface area contributed by atoms with Crippen molar-refractivity contribution in [2.24, 2.45) is 0 Å². The van der Waals surface area contributed by atoms with Gasteiger partial charge in [0.25, 0.3) is 0 Å². The standard InChI is InChI=1S/C24H35NO2/c1-7-27-23-14-13-22(26)24(19(23)6)21(20-11-9-8-10-12-20)15-16-25(17(2)3)18(4)5/h8-14,17-18,21,26H,7,15-16H2,1-6H3. The van der Waals surface area contributed by atoms with Crippen LogP contribution >= 0.6 is 0 Å². The number of aromatic hydroxyl groups is 1. The summed E-state index contributed by atoms with van der Waals surface area (Å²) in [5, 5.41) is 10.7. The second kappa shape index (κ2) is 9.80. The topological polar surface area (TPSA) is 32.7 Å². The number of nitrogens with zero attached hydrogens (tertiary/aromatic N) is 1. The largest absolute Gasteiger partial charge is 0.508 e. The molecule has 0 aliphatic heterocycles. The van der Waals surface area contributed by atoms with E-state index in [-0.39, 0.29) is 5.92 Å². The summed E-state index contributed by atoms with van der Waals surface area (Å²) in [6, 6.07) is 15.1. The number of phenols is 1. The van der Waals surface area contributed by atoms with Crippen LogP contribution in [0.5, 0.6) is 11.5 Å². The van der Waals surface area contributed by atoms with Crippen LogP contribution < -0.4 is 4.74 Å². The lowest BCUT2D eigenvalue weighted by Crippen LogP contribution is -2.38. The zero-order valence-corrected chi connectivity index (χ0v) is 17.7. The van der Waals surface area contributed by atoms with E-state index < -0.39 is 0 Å². The van der Waals surface area contributed by atoms with E-state index in [0.29, 0.717) is 24.4 Å². The second-order valence-corrected chi connectivity index (χ2v) is 7.73. The molecule has 0 aliphatic rings. The fourth-order valence-corrected chi connectivity index (χ4v) is 4.00. The van der Waals surface area contributed by atoms with Crippen molar-refractivity contribution in [2.45, 2.75) is 66.0 Å². The quantitative estimate of drug-likeness (QED) is 0.612. The molecule has 0 fully saturated rings. The highest BCUT2D eigenvalue weighted by atomic mass is 16.5. The van der Waals surface area contributed by atoms with Gasteiger partial charge in [-0.1, -0.05) is 30.3 Å². The van der Waals surface area contributed by atoms with Crippen molar-refractivity contribution in [3.05, 3.63) is 59.2 Å². The zero-order valence-electron chi connectivity index (χ0n) is 17.7. The van der Waals surface area contributed by atoms with Crippen molar-refractivity contribution in [1.29, 1.82) is 0 Å². The van der Waals surface area contributed by atoms with E-state index in [1.54, 1.807) is 6.07 Å². The molecule has 1 N–H and O–H groups in total. The molecule has 0 amide bonds. The third kappa shape index (κ3) is 5.26. The molecule has 0 aliphatic carbocycles. The molecule has 0 saturated heterocycles. The van der Waals surface area contributed by atoms with Gasteiger partial charge in [0.2, 0.25) is 0 Å². The summed E-state index contributed by atoms with van der Waals surface area (Å²) in [7, 11) is 0. The molecular weight excluding hydrogens is 334 g/mol. The molecule has 27 heavy (non-hydrogen) atoms. The van der Waals surface area contributed by atoms with E-state index in [0.717, 1.165) is 29.8 Å². The summed E-state index contributed by atoms with van der Waals surface area (Å²) in [4.78, 5) is 2.51. The van der Waals surface area contributed by atoms with E-state index in [2.05, 4.69) is 63.8 Å². The minimum absolute atomic E-state index is 0.131. The average molecular weight is 370 g/mol. The fourth-order valence-electron chi connectivity index (χ4n) is 4.00. The van der Waals surface area contributed by atoms with Crippen molar-refractivity contribution in [3.63, 3.8) is 0 Å². The van der Waals surface area contributed by atoms with Crippen molar-refractivity contribution in [3.8, 4) is 11.5 Å². The molecule has 148 valence electrons. The van der Waals surface area contributed by atoms with Gasteiger partial charge in [-0.3, -0.25) is 4.90 Å². The van der Waals surface area contributed by atoms with Gasteiger partial charge < -0.3 is 9.84 Å². The number of hydrogen-bond donors (Lipinski definition) is 1. The molecule has 0 spiro atoms. The Bertz CT molecular complexity index is 702. The van der Waals surface area contributed by atoms with Crippen LogP contribution in [0.1, 0.15) is 63.6 Å². The third-order valence-corrected chi connectivity index (χ3v) is 5.29. The van der Waals surface area contributed by atoms with Crippen LogP contribution in [0.15, 0.2) is 42.5 Å². The number of ether oxygens (including phenoxy) is 1. The Balaban J connectivity index is 2.44. The Morgan fingerprint density at radius 3 is 2.15 bits per heavy atom. The van der Waals surface area contributed by atoms with Crippen LogP contribution in [-0.4, -0.2) is 35.2 Å². The van der Waals surface area contributed by atoms with Crippen LogP contribution in [0.4, 0.5) is 0 Å². The predicted octanol–water partition coefficient (Wildman–Crippen LogP) is 5.74. The molecule has 0 saturated carbocycles. The number of benzene rings is 2. The van der Waals surface area contributed by atoms with Gasteiger partial charge in [0, 0.05) is 23.6 Å². The lowest BCUT2D eigenvalue weighted by atomic mass is 9.84. The van der Waals surface area contributed by atoms with Gasteiger partial charge in [-0.05, 0) is 77.8 Å². The smallest absolute Gasteiger partial charge is 0.122 e. The first kappa shape index (κ1) is 21.3. The SMILES string of the molecule is CCOc1ccc(O)c(C(CCN(C(C)C)C(C)C)c2ccccc2)c1C. The molecule has 0 radical (unpaired) electrons. The Morgan fingerprint density at radius 2 is 1.59 bits per heavy atom. The van der Waals surface area contributed by atoms with Gasteiger partial charge >= 0.3 is 0 Å². The number of rotatable bonds is 9. The Kier molecular flexibility index (Phi) is 7.73. The maximum atomic E-state index is 10.7. The molecule has 3 nitrogen and oxygen atoms in total. The highest BCUT2D eigenvalue weighted by molar-refractivity contribution is 5.52. The average Bonchev–Trinajstić information content (AvgIpc) is 2.63. The Labute approximate surface area is 165 Å². The summed E-state index contributed by atoms with van der Waals surface area (Å²) in [6.45, 7) is 14.6. The molecule has 3 heteroatoms. The number of hydrogen-bond acceptors (Lipinski definition) is 3. The Morgan fingerprint density at radius 1 is 0.963 bits per heavy atom. The summed E-state index contributed by atoms with van der Waals surface area (Å²) in [5.74, 6) is 1.34. The van der Waals surface area contributed by atoms with E-state index in [1.807, 2.05) is 19.1 Å². The van der Waals surface area contributed by atoms with E-state index >= 15 is 0 Å². The molecule has 0 heterocycles. The zero-order chi connectivity index (χ0) is 20.0. The van der Waals surface area contributed by atoms with Gasteiger partial charge in [-0.2, -0.15) is 0 Å². The molecule has 1 unspecified atom stereocenters. The van der Waals surface area contributed by atoms with Crippen LogP contribution in [-0.2, 0) is 0 Å². The monoisotopic (exact) mass is 369 g/mol. The Hall–Kier alpha value is -2.00. The molecule has 2 aromatic carbocycles. The second-order valence-electron chi connectivity index (χ2n) is 7.73. The van der Waals surface area contributed by atoms with Gasteiger partial charge in [-0.15, -0.1) is 0 Å². The normalized spacial score (nSPS) is 12.8. The van der Waals surface area contributed by atoms with E-state index in [4.69, 9.17) is 4.74 Å². The minimum atomic E-state index is 0.131. The highest BCUT2D eigenvalue weighted by Gasteiger charge is 2.24. The third-order valence-electron chi connectivity index (χ3n) is 5.29. The van der Waals surface area contributed by atoms with Crippen molar-refractivity contribution in [1.82, 2.24) is 4.90 Å². The molecule has 2 rings (SSSR count). The minimum Gasteiger partial charge on any atom is -0.508 e. The lowest BCUT2D eigenvalue weighted by molar-refractivity contribution is 0.170. The van der Waals surface area contributed by atoms with Gasteiger partial charge in [-0.25, -0.2) is 0 Å². The molecule has 2 aromatic rings. The van der Waals surface area contributed by atoms with Crippen molar-refractivity contribution in [2.75, 3.05) is 13.2 Å². The summed E-state index contributed by atoms with van der Waals surface area (Å²) in [5.41, 5.74) is 3.25. The first-order valence-corrected chi connectivity index (χ1v) is 10.1. The highest BCUT2D eigenvalue weighted by Crippen LogP contribution is 2.40. The van der Waals surface area contributed by atoms with Crippen molar-refractivity contribution < 1.29 is 9.84 Å². The van der Waals surface area contributed by atoms with E-state index in [9.17, 15) is 5.11 Å². The molecule has 0 bridgehead atoms. The van der Waals surface area contributed by atoms with Crippen LogP contribution in [0.3, 0.4) is 0 Å². The molecule has 0 aromatic heterocycles. The van der Waals surface area contributed by atoms with Crippen LogP contribution in [0.2, 0.25) is 0 Å². The maximum Gasteiger partial charge on any atom is 0.122 e. The van der Waals surface area contributed by atoms with Crippen LogP contribution in [0, 0.1) is 6.92 Å². The predicted molar refractivity (Wildman–Crippen MR) is 114 cm³/mol. The summed E-state index contributed by atoms with van der Waals surface area (Å²) >= 11 is 0. The molecular formula is C24H35NO2. The number of phenolic OH excluding ortho intramolecular Hbond substituents is 1. The molecule has 1 atom stereocenters. The van der Waals surface area contributed by atoms with Crippen molar-refractivity contribution >= 4 is 0 Å². The lowest BCUT2D eigenvalue weighted by Gasteiger charge is -2.32. The fraction of sp³-hybridized carbons (Fsp3) is 0.500. The van der Waals surface area contributed by atoms with E-state index in [1.165, 1.54) is 5.56 Å². The summed E-state index contributed by atoms with van der Waals surface area (Å²) < 4.78 is 5.80. The van der Waals surface area contributed by atoms with Gasteiger partial charge in [0.1, 0.15) is 11.5 Å². The maximum absolute atomic E-state index is 10.7. The first-order chi connectivity index (χ1) is 12.9. The summed E-state index contributed by atoms with van der Waals surface area (Å²) in [6.07, 6.45) is 0.949. The van der Waals surface area contributed by atoms with Gasteiger partial charge in [0.15, 0.2) is 0 Å². The van der Waals surface area contributed by atoms with Crippen LogP contribution in [0.25, 0.3) is 0 Å².